The van der Waals surface area contributed by atoms with Gasteiger partial charge in [0.2, 0.25) is 0 Å². The minimum Gasteiger partial charge on any atom is -0.369 e. The zero-order valence-corrected chi connectivity index (χ0v) is 13.1. The lowest BCUT2D eigenvalue weighted by Crippen LogP contribution is -2.45. The minimum absolute atomic E-state index is 0.237. The molecule has 0 amide bonds. The number of rotatable bonds is 1. The Hall–Kier alpha value is -0.580. The SMILES string of the molecule is CN1CCN(c2cccc3c2[C@H](Br)[C@H](N)CC3)CC1. The highest BCUT2D eigenvalue weighted by molar-refractivity contribution is 9.09. The first-order valence-electron chi connectivity index (χ1n) is 7.12. The Morgan fingerprint density at radius 2 is 1.95 bits per heavy atom. The molecule has 3 rings (SSSR count). The fraction of sp³-hybridized carbons (Fsp3) is 0.600. The molecule has 4 heteroatoms. The predicted octanol–water partition coefficient (Wildman–Crippen LogP) is 2.15. The number of fused-ring (bicyclic) bond motifs is 1. The van der Waals surface area contributed by atoms with Gasteiger partial charge in [-0.3, -0.25) is 0 Å². The monoisotopic (exact) mass is 323 g/mol. The molecule has 2 aliphatic rings. The molecule has 1 aromatic rings. The van der Waals surface area contributed by atoms with Gasteiger partial charge in [-0.1, -0.05) is 28.1 Å². The molecule has 0 spiro atoms. The van der Waals surface area contributed by atoms with Gasteiger partial charge in [0.15, 0.2) is 0 Å². The molecular weight excluding hydrogens is 302 g/mol. The molecule has 19 heavy (non-hydrogen) atoms. The summed E-state index contributed by atoms with van der Waals surface area (Å²) in [6, 6.07) is 6.95. The van der Waals surface area contributed by atoms with Crippen LogP contribution in [0.4, 0.5) is 5.69 Å². The van der Waals surface area contributed by atoms with Crippen LogP contribution in [0.15, 0.2) is 18.2 Å². The Balaban J connectivity index is 1.94. The first-order chi connectivity index (χ1) is 9.16. The van der Waals surface area contributed by atoms with Gasteiger partial charge in [0.1, 0.15) is 0 Å². The Morgan fingerprint density at radius 1 is 1.21 bits per heavy atom. The van der Waals surface area contributed by atoms with E-state index in [-0.39, 0.29) is 6.04 Å². The van der Waals surface area contributed by atoms with Gasteiger partial charge < -0.3 is 15.5 Å². The highest BCUT2D eigenvalue weighted by Crippen LogP contribution is 2.41. The van der Waals surface area contributed by atoms with Crippen LogP contribution in [0.3, 0.4) is 0 Å². The maximum atomic E-state index is 6.24. The number of benzene rings is 1. The van der Waals surface area contributed by atoms with Crippen LogP contribution in [0.1, 0.15) is 22.4 Å². The third-order valence-electron chi connectivity index (χ3n) is 4.42. The highest BCUT2D eigenvalue weighted by Gasteiger charge is 2.29. The van der Waals surface area contributed by atoms with E-state index in [4.69, 9.17) is 5.73 Å². The zero-order chi connectivity index (χ0) is 13.4. The highest BCUT2D eigenvalue weighted by atomic mass is 79.9. The molecular formula is C15H22BrN3. The topological polar surface area (TPSA) is 32.5 Å². The molecule has 2 N–H and O–H groups in total. The third kappa shape index (κ3) is 2.54. The summed E-state index contributed by atoms with van der Waals surface area (Å²) in [7, 11) is 2.20. The predicted molar refractivity (Wildman–Crippen MR) is 84.1 cm³/mol. The number of hydrogen-bond acceptors (Lipinski definition) is 3. The van der Waals surface area contributed by atoms with E-state index >= 15 is 0 Å². The molecule has 0 radical (unpaired) electrons. The maximum absolute atomic E-state index is 6.24. The first-order valence-corrected chi connectivity index (χ1v) is 8.03. The number of nitrogens with two attached hydrogens (primary N) is 1. The standard InChI is InChI=1S/C15H22BrN3/c1-18-7-9-19(10-8-18)13-4-2-3-11-5-6-12(17)15(16)14(11)13/h2-4,12,15H,5-10,17H2,1H3/t12-,15-/m1/s1. The largest absolute Gasteiger partial charge is 0.369 e. The molecule has 0 bridgehead atoms. The molecule has 0 aromatic heterocycles. The summed E-state index contributed by atoms with van der Waals surface area (Å²) < 4.78 is 0. The van der Waals surface area contributed by atoms with Crippen molar-refractivity contribution in [2.45, 2.75) is 23.7 Å². The van der Waals surface area contributed by atoms with Crippen LogP contribution in [0.5, 0.6) is 0 Å². The summed E-state index contributed by atoms with van der Waals surface area (Å²) in [6.07, 6.45) is 2.19. The van der Waals surface area contributed by atoms with E-state index in [1.807, 2.05) is 0 Å². The number of nitrogens with zero attached hydrogens (tertiary/aromatic N) is 2. The lowest BCUT2D eigenvalue weighted by molar-refractivity contribution is 0.312. The molecule has 1 fully saturated rings. The Bertz CT molecular complexity index is 455. The van der Waals surface area contributed by atoms with Gasteiger partial charge in [-0.15, -0.1) is 0 Å². The van der Waals surface area contributed by atoms with E-state index in [1.165, 1.54) is 16.8 Å². The fourth-order valence-electron chi connectivity index (χ4n) is 3.14. The molecule has 0 unspecified atom stereocenters. The number of likely N-dealkylation sites (N-methyl/N-ethyl adjacent to an activating group) is 1. The van der Waals surface area contributed by atoms with Crippen molar-refractivity contribution < 1.29 is 0 Å². The average Bonchev–Trinajstić information content (AvgIpc) is 2.43. The van der Waals surface area contributed by atoms with Gasteiger partial charge in [-0.25, -0.2) is 0 Å². The number of halogens is 1. The third-order valence-corrected chi connectivity index (χ3v) is 5.55. The van der Waals surface area contributed by atoms with Crippen molar-refractivity contribution in [3.63, 3.8) is 0 Å². The summed E-state index contributed by atoms with van der Waals surface area (Å²) in [5.74, 6) is 0. The van der Waals surface area contributed by atoms with Crippen LogP contribution in [-0.4, -0.2) is 44.2 Å². The van der Waals surface area contributed by atoms with Gasteiger partial charge >= 0.3 is 0 Å². The number of piperazine rings is 1. The van der Waals surface area contributed by atoms with Crippen molar-refractivity contribution in [2.24, 2.45) is 5.73 Å². The van der Waals surface area contributed by atoms with Crippen molar-refractivity contribution in [1.29, 1.82) is 0 Å². The Labute approximate surface area is 123 Å². The van der Waals surface area contributed by atoms with Crippen LogP contribution in [0.2, 0.25) is 0 Å². The van der Waals surface area contributed by atoms with Crippen LogP contribution in [0, 0.1) is 0 Å². The smallest absolute Gasteiger partial charge is 0.0569 e. The van der Waals surface area contributed by atoms with Gasteiger partial charge in [0.05, 0.1) is 4.83 Å². The number of anilines is 1. The van der Waals surface area contributed by atoms with E-state index in [2.05, 4.69) is 51.0 Å². The van der Waals surface area contributed by atoms with Crippen molar-refractivity contribution in [2.75, 3.05) is 38.1 Å². The lowest BCUT2D eigenvalue weighted by Gasteiger charge is -2.38. The first kappa shape index (κ1) is 13.4. The van der Waals surface area contributed by atoms with Crippen molar-refractivity contribution in [3.05, 3.63) is 29.3 Å². The Morgan fingerprint density at radius 3 is 2.68 bits per heavy atom. The van der Waals surface area contributed by atoms with E-state index in [0.29, 0.717) is 4.83 Å². The van der Waals surface area contributed by atoms with Crippen molar-refractivity contribution >= 4 is 21.6 Å². The van der Waals surface area contributed by atoms with Gasteiger partial charge in [-0.2, -0.15) is 0 Å². The second-order valence-corrected chi connectivity index (χ2v) is 6.73. The van der Waals surface area contributed by atoms with Crippen molar-refractivity contribution in [3.8, 4) is 0 Å². The number of hydrogen-bond donors (Lipinski definition) is 1. The summed E-state index contributed by atoms with van der Waals surface area (Å²) >= 11 is 3.82. The summed E-state index contributed by atoms with van der Waals surface area (Å²) in [5.41, 5.74) is 10.5. The minimum atomic E-state index is 0.237. The Kier molecular flexibility index (Phi) is 3.83. The molecule has 1 aliphatic carbocycles. The van der Waals surface area contributed by atoms with E-state index in [1.54, 1.807) is 0 Å². The average molecular weight is 324 g/mol. The summed E-state index contributed by atoms with van der Waals surface area (Å²) in [5, 5.41) is 0. The lowest BCUT2D eigenvalue weighted by atomic mass is 9.87. The van der Waals surface area contributed by atoms with Gasteiger partial charge in [-0.05, 0) is 37.1 Å². The van der Waals surface area contributed by atoms with Gasteiger partial charge in [0, 0.05) is 37.9 Å². The van der Waals surface area contributed by atoms with Crippen LogP contribution >= 0.6 is 15.9 Å². The quantitative estimate of drug-likeness (QED) is 0.804. The van der Waals surface area contributed by atoms with Crippen molar-refractivity contribution in [1.82, 2.24) is 4.90 Å². The van der Waals surface area contributed by atoms with Crippen LogP contribution in [-0.2, 0) is 6.42 Å². The molecule has 1 heterocycles. The molecule has 1 aromatic carbocycles. The molecule has 0 saturated carbocycles. The normalized spacial score (nSPS) is 28.3. The molecule has 1 aliphatic heterocycles. The number of alkyl halides is 1. The molecule has 3 nitrogen and oxygen atoms in total. The zero-order valence-electron chi connectivity index (χ0n) is 11.5. The van der Waals surface area contributed by atoms with E-state index in [0.717, 1.165) is 39.0 Å². The summed E-state index contributed by atoms with van der Waals surface area (Å²) in [4.78, 5) is 5.21. The van der Waals surface area contributed by atoms with Crippen LogP contribution in [0.25, 0.3) is 0 Å². The second kappa shape index (κ2) is 5.43. The number of aryl methyl sites for hydroxylation is 1. The van der Waals surface area contributed by atoms with Gasteiger partial charge in [0.25, 0.3) is 0 Å². The van der Waals surface area contributed by atoms with Crippen LogP contribution < -0.4 is 10.6 Å². The van der Waals surface area contributed by atoms with E-state index < -0.39 is 0 Å². The molecule has 1 saturated heterocycles. The second-order valence-electron chi connectivity index (χ2n) is 5.74. The molecule has 2 atom stereocenters. The molecule has 104 valence electrons. The van der Waals surface area contributed by atoms with E-state index in [9.17, 15) is 0 Å². The maximum Gasteiger partial charge on any atom is 0.0569 e. The fourth-order valence-corrected chi connectivity index (χ4v) is 3.93. The summed E-state index contributed by atoms with van der Waals surface area (Å²) in [6.45, 7) is 4.51.